The fourth-order valence-corrected chi connectivity index (χ4v) is 1.39. The van der Waals surface area contributed by atoms with E-state index in [1.54, 1.807) is 7.11 Å². The van der Waals surface area contributed by atoms with Crippen molar-refractivity contribution in [1.82, 2.24) is 5.32 Å². The third-order valence-electron chi connectivity index (χ3n) is 2.70. The molecule has 0 rings (SSSR count). The average molecular weight is 218 g/mol. The Morgan fingerprint density at radius 3 is 2.60 bits per heavy atom. The van der Waals surface area contributed by atoms with Crippen molar-refractivity contribution in [2.24, 2.45) is 5.73 Å². The second-order valence-corrected chi connectivity index (χ2v) is 4.22. The molecule has 1 atom stereocenters. The highest BCUT2D eigenvalue weighted by atomic mass is 16.5. The van der Waals surface area contributed by atoms with Gasteiger partial charge in [-0.2, -0.15) is 0 Å². The normalized spacial score (nSPS) is 15.2. The Bertz CT molecular complexity index is 145. The molecule has 0 aliphatic heterocycles. The van der Waals surface area contributed by atoms with Crippen LogP contribution in [0.2, 0.25) is 0 Å². The zero-order chi connectivity index (χ0) is 11.6. The number of nitrogens with two attached hydrogens (primary N) is 1. The second kappa shape index (κ2) is 9.09. The number of rotatable bonds is 10. The molecule has 0 aliphatic carbocycles. The summed E-state index contributed by atoms with van der Waals surface area (Å²) >= 11 is 0. The molecule has 0 bridgehead atoms. The van der Waals surface area contributed by atoms with Gasteiger partial charge in [0.1, 0.15) is 0 Å². The van der Waals surface area contributed by atoms with Gasteiger partial charge in [0.2, 0.25) is 0 Å². The Kier molecular flexibility index (Phi) is 9.00. The smallest absolute Gasteiger partial charge is 0.0480 e. The molecular formula is C11H26N2O2. The maximum atomic E-state index is 8.63. The molecule has 4 heteroatoms. The van der Waals surface area contributed by atoms with Crippen LogP contribution in [0.25, 0.3) is 0 Å². The third kappa shape index (κ3) is 7.73. The molecule has 0 radical (unpaired) electrons. The van der Waals surface area contributed by atoms with Crippen LogP contribution in [0.4, 0.5) is 0 Å². The number of aliphatic hydroxyl groups excluding tert-OH is 1. The van der Waals surface area contributed by atoms with Crippen molar-refractivity contribution in [3.63, 3.8) is 0 Å². The van der Waals surface area contributed by atoms with E-state index >= 15 is 0 Å². The summed E-state index contributed by atoms with van der Waals surface area (Å²) in [4.78, 5) is 0. The summed E-state index contributed by atoms with van der Waals surface area (Å²) in [6.07, 6.45) is 3.97. The van der Waals surface area contributed by atoms with Crippen molar-refractivity contribution in [2.75, 3.05) is 33.4 Å². The van der Waals surface area contributed by atoms with Gasteiger partial charge in [-0.15, -0.1) is 0 Å². The zero-order valence-corrected chi connectivity index (χ0v) is 10.1. The molecule has 0 aromatic heterocycles. The molecule has 4 nitrogen and oxygen atoms in total. The van der Waals surface area contributed by atoms with E-state index in [9.17, 15) is 0 Å². The lowest BCUT2D eigenvalue weighted by molar-refractivity contribution is 0.161. The van der Waals surface area contributed by atoms with E-state index in [1.807, 2.05) is 0 Å². The van der Waals surface area contributed by atoms with Gasteiger partial charge in [0.15, 0.2) is 0 Å². The molecule has 4 N–H and O–H groups in total. The van der Waals surface area contributed by atoms with E-state index in [0.717, 1.165) is 38.8 Å². The SMILES string of the molecule is COCCC(C)(CN)NCCCCCO. The first-order valence-electron chi connectivity index (χ1n) is 5.73. The van der Waals surface area contributed by atoms with Gasteiger partial charge in [-0.25, -0.2) is 0 Å². The fraction of sp³-hybridized carbons (Fsp3) is 1.00. The number of nitrogens with one attached hydrogen (secondary N) is 1. The summed E-state index contributed by atoms with van der Waals surface area (Å²) in [7, 11) is 1.71. The van der Waals surface area contributed by atoms with Gasteiger partial charge in [-0.1, -0.05) is 0 Å². The molecule has 15 heavy (non-hydrogen) atoms. The number of unbranched alkanes of at least 4 members (excludes halogenated alkanes) is 2. The molecule has 0 heterocycles. The third-order valence-corrected chi connectivity index (χ3v) is 2.70. The Morgan fingerprint density at radius 1 is 1.33 bits per heavy atom. The van der Waals surface area contributed by atoms with Gasteiger partial charge in [-0.3, -0.25) is 0 Å². The summed E-state index contributed by atoms with van der Waals surface area (Å²) in [5.74, 6) is 0. The predicted octanol–water partition coefficient (Wildman–Crippen LogP) is 0.493. The number of hydrogen-bond donors (Lipinski definition) is 3. The highest BCUT2D eigenvalue weighted by Crippen LogP contribution is 2.08. The maximum Gasteiger partial charge on any atom is 0.0480 e. The molecule has 0 saturated carbocycles. The Labute approximate surface area is 93.2 Å². The molecule has 92 valence electrons. The van der Waals surface area contributed by atoms with E-state index in [-0.39, 0.29) is 12.1 Å². The van der Waals surface area contributed by atoms with Crippen LogP contribution in [0.1, 0.15) is 32.6 Å². The van der Waals surface area contributed by atoms with Crippen LogP contribution < -0.4 is 11.1 Å². The van der Waals surface area contributed by atoms with E-state index in [0.29, 0.717) is 6.54 Å². The van der Waals surface area contributed by atoms with Gasteiger partial charge >= 0.3 is 0 Å². The summed E-state index contributed by atoms with van der Waals surface area (Å²) in [5.41, 5.74) is 5.71. The molecular weight excluding hydrogens is 192 g/mol. The summed E-state index contributed by atoms with van der Waals surface area (Å²) in [6, 6.07) is 0. The minimum absolute atomic E-state index is 0.0186. The van der Waals surface area contributed by atoms with Crippen molar-refractivity contribution in [3.05, 3.63) is 0 Å². The standard InChI is InChI=1S/C11H26N2O2/c1-11(10-12,6-9-15-2)13-7-4-3-5-8-14/h13-14H,3-10,12H2,1-2H3. The number of hydrogen-bond acceptors (Lipinski definition) is 4. The van der Waals surface area contributed by atoms with Gasteiger partial charge in [0.25, 0.3) is 0 Å². The molecule has 0 spiro atoms. The number of methoxy groups -OCH3 is 1. The summed E-state index contributed by atoms with van der Waals surface area (Å²) in [5, 5.41) is 12.1. The second-order valence-electron chi connectivity index (χ2n) is 4.22. The van der Waals surface area contributed by atoms with Crippen LogP contribution in [0, 0.1) is 0 Å². The largest absolute Gasteiger partial charge is 0.396 e. The quantitative estimate of drug-likeness (QED) is 0.467. The average Bonchev–Trinajstić information content (AvgIpc) is 2.26. The Morgan fingerprint density at radius 2 is 2.07 bits per heavy atom. The number of aliphatic hydroxyl groups is 1. The van der Waals surface area contributed by atoms with Crippen molar-refractivity contribution in [1.29, 1.82) is 0 Å². The molecule has 0 fully saturated rings. The van der Waals surface area contributed by atoms with Crippen molar-refractivity contribution in [2.45, 2.75) is 38.1 Å². The van der Waals surface area contributed by atoms with Crippen LogP contribution in [-0.2, 0) is 4.74 Å². The minimum Gasteiger partial charge on any atom is -0.396 e. The predicted molar refractivity (Wildman–Crippen MR) is 62.9 cm³/mol. The molecule has 0 amide bonds. The first kappa shape index (κ1) is 14.8. The van der Waals surface area contributed by atoms with Crippen LogP contribution in [0.3, 0.4) is 0 Å². The highest BCUT2D eigenvalue weighted by Gasteiger charge is 2.20. The van der Waals surface area contributed by atoms with E-state index < -0.39 is 0 Å². The minimum atomic E-state index is -0.0186. The fourth-order valence-electron chi connectivity index (χ4n) is 1.39. The van der Waals surface area contributed by atoms with Crippen LogP contribution in [0.15, 0.2) is 0 Å². The zero-order valence-electron chi connectivity index (χ0n) is 10.1. The topological polar surface area (TPSA) is 67.5 Å². The van der Waals surface area contributed by atoms with E-state index in [4.69, 9.17) is 15.6 Å². The first-order chi connectivity index (χ1) is 7.18. The highest BCUT2D eigenvalue weighted by molar-refractivity contribution is 4.83. The van der Waals surface area contributed by atoms with Gasteiger partial charge in [0.05, 0.1) is 0 Å². The van der Waals surface area contributed by atoms with Crippen LogP contribution in [0.5, 0.6) is 0 Å². The molecule has 0 aromatic rings. The molecule has 0 saturated heterocycles. The first-order valence-corrected chi connectivity index (χ1v) is 5.73. The van der Waals surface area contributed by atoms with Crippen molar-refractivity contribution >= 4 is 0 Å². The lowest BCUT2D eigenvalue weighted by Gasteiger charge is -2.29. The van der Waals surface area contributed by atoms with Gasteiger partial charge in [0, 0.05) is 32.4 Å². The van der Waals surface area contributed by atoms with E-state index in [1.165, 1.54) is 0 Å². The molecule has 0 aromatic carbocycles. The Hall–Kier alpha value is -0.160. The summed E-state index contributed by atoms with van der Waals surface area (Å²) < 4.78 is 5.06. The van der Waals surface area contributed by atoms with Gasteiger partial charge in [-0.05, 0) is 39.2 Å². The maximum absolute atomic E-state index is 8.63. The molecule has 1 unspecified atom stereocenters. The number of ether oxygens (including phenoxy) is 1. The van der Waals surface area contributed by atoms with Crippen molar-refractivity contribution < 1.29 is 9.84 Å². The lowest BCUT2D eigenvalue weighted by atomic mass is 9.98. The Balaban J connectivity index is 3.58. The lowest BCUT2D eigenvalue weighted by Crippen LogP contribution is -2.49. The van der Waals surface area contributed by atoms with E-state index in [2.05, 4.69) is 12.2 Å². The summed E-state index contributed by atoms with van der Waals surface area (Å²) in [6.45, 7) is 4.72. The van der Waals surface area contributed by atoms with Crippen molar-refractivity contribution in [3.8, 4) is 0 Å². The monoisotopic (exact) mass is 218 g/mol. The molecule has 0 aliphatic rings. The van der Waals surface area contributed by atoms with Gasteiger partial charge < -0.3 is 20.9 Å². The van der Waals surface area contributed by atoms with Crippen LogP contribution >= 0.6 is 0 Å². The van der Waals surface area contributed by atoms with Crippen LogP contribution in [-0.4, -0.2) is 44.1 Å².